The maximum absolute atomic E-state index is 11.7. The van der Waals surface area contributed by atoms with E-state index in [4.69, 9.17) is 11.6 Å². The van der Waals surface area contributed by atoms with E-state index >= 15 is 0 Å². The third kappa shape index (κ3) is 1.70. The molecule has 2 rings (SSSR count). The van der Waals surface area contributed by atoms with Gasteiger partial charge in [-0.25, -0.2) is 4.79 Å². The fourth-order valence-electron chi connectivity index (χ4n) is 1.62. The van der Waals surface area contributed by atoms with Gasteiger partial charge < -0.3 is 5.32 Å². The second kappa shape index (κ2) is 3.95. The summed E-state index contributed by atoms with van der Waals surface area (Å²) in [5, 5.41) is 2.79. The number of para-hydroxylation sites is 1. The van der Waals surface area contributed by atoms with Gasteiger partial charge in [0.2, 0.25) is 0 Å². The number of alkyl halides is 1. The van der Waals surface area contributed by atoms with Gasteiger partial charge in [-0.05, 0) is 6.07 Å². The third-order valence-electron chi connectivity index (χ3n) is 2.36. The van der Waals surface area contributed by atoms with Gasteiger partial charge in [-0.3, -0.25) is 4.90 Å². The van der Waals surface area contributed by atoms with Gasteiger partial charge in [-0.1, -0.05) is 24.8 Å². The number of hydrogen-bond donors (Lipinski definition) is 1. The summed E-state index contributed by atoms with van der Waals surface area (Å²) in [6.45, 7) is 4.39. The monoisotopic (exact) mass is 222 g/mol. The molecule has 0 saturated heterocycles. The van der Waals surface area contributed by atoms with Crippen LogP contribution in [0.2, 0.25) is 0 Å². The van der Waals surface area contributed by atoms with E-state index in [0.29, 0.717) is 18.1 Å². The molecule has 0 unspecified atom stereocenters. The Morgan fingerprint density at radius 2 is 2.13 bits per heavy atom. The van der Waals surface area contributed by atoms with Gasteiger partial charge in [-0.15, -0.1) is 11.6 Å². The lowest BCUT2D eigenvalue weighted by atomic mass is 10.1. The van der Waals surface area contributed by atoms with Crippen molar-refractivity contribution in [2.45, 2.75) is 0 Å². The van der Waals surface area contributed by atoms with E-state index in [1.807, 2.05) is 24.3 Å². The van der Waals surface area contributed by atoms with Crippen molar-refractivity contribution in [3.63, 3.8) is 0 Å². The summed E-state index contributed by atoms with van der Waals surface area (Å²) >= 11 is 5.63. The number of urea groups is 1. The molecule has 1 aromatic carbocycles. The van der Waals surface area contributed by atoms with Crippen LogP contribution in [0.25, 0.3) is 5.70 Å². The third-order valence-corrected chi connectivity index (χ3v) is 2.53. The molecule has 3 nitrogen and oxygen atoms in total. The van der Waals surface area contributed by atoms with Gasteiger partial charge in [-0.2, -0.15) is 0 Å². The van der Waals surface area contributed by atoms with Crippen molar-refractivity contribution in [2.75, 3.05) is 17.7 Å². The van der Waals surface area contributed by atoms with Crippen LogP contribution in [0.4, 0.5) is 10.5 Å². The number of nitrogens with one attached hydrogen (secondary N) is 1. The van der Waals surface area contributed by atoms with Gasteiger partial charge in [0.15, 0.2) is 0 Å². The molecule has 1 heterocycles. The van der Waals surface area contributed by atoms with Crippen molar-refractivity contribution in [3.8, 4) is 0 Å². The molecule has 0 spiro atoms. The average molecular weight is 223 g/mol. The molecular formula is C11H11ClN2O. The molecular weight excluding hydrogens is 212 g/mol. The van der Waals surface area contributed by atoms with E-state index in [1.165, 1.54) is 0 Å². The van der Waals surface area contributed by atoms with Crippen LogP contribution in [-0.2, 0) is 0 Å². The number of carbonyl (C=O) groups excluding carboxylic acids is 1. The predicted molar refractivity (Wildman–Crippen MR) is 61.9 cm³/mol. The Kier molecular flexibility index (Phi) is 2.64. The number of halogens is 1. The molecule has 0 fully saturated rings. The minimum Gasteiger partial charge on any atom is -0.307 e. The lowest BCUT2D eigenvalue weighted by molar-refractivity contribution is 0.232. The quantitative estimate of drug-likeness (QED) is 0.767. The second-order valence-electron chi connectivity index (χ2n) is 3.26. The highest BCUT2D eigenvalue weighted by molar-refractivity contribution is 6.18. The molecule has 1 N–H and O–H groups in total. The van der Waals surface area contributed by atoms with E-state index in [-0.39, 0.29) is 6.03 Å². The Morgan fingerprint density at radius 3 is 2.87 bits per heavy atom. The summed E-state index contributed by atoms with van der Waals surface area (Å²) < 4.78 is 0. The number of fused-ring (bicyclic) bond motifs is 1. The number of hydrogen-bond acceptors (Lipinski definition) is 1. The molecule has 0 aromatic heterocycles. The number of rotatable bonds is 2. The van der Waals surface area contributed by atoms with E-state index in [2.05, 4.69) is 11.9 Å². The molecule has 0 aliphatic carbocycles. The molecule has 2 amide bonds. The van der Waals surface area contributed by atoms with E-state index in [9.17, 15) is 4.79 Å². The standard InChI is InChI=1S/C11H11ClN2O/c1-8-9-4-2-3-5-10(9)13-11(15)14(8)7-6-12/h2-5H,1,6-7H2,(H,13,15). The molecule has 1 aromatic rings. The minimum absolute atomic E-state index is 0.167. The lowest BCUT2D eigenvalue weighted by Crippen LogP contribution is -2.38. The minimum atomic E-state index is -0.167. The number of nitrogens with zero attached hydrogens (tertiary/aromatic N) is 1. The van der Waals surface area contributed by atoms with Gasteiger partial charge in [0.1, 0.15) is 0 Å². The highest BCUT2D eigenvalue weighted by Crippen LogP contribution is 2.30. The first-order valence-electron chi connectivity index (χ1n) is 4.67. The van der Waals surface area contributed by atoms with Gasteiger partial charge >= 0.3 is 6.03 Å². The first-order valence-corrected chi connectivity index (χ1v) is 5.20. The summed E-state index contributed by atoms with van der Waals surface area (Å²) in [6.07, 6.45) is 0. The molecule has 15 heavy (non-hydrogen) atoms. The molecule has 0 bridgehead atoms. The fourth-order valence-corrected chi connectivity index (χ4v) is 1.78. The van der Waals surface area contributed by atoms with Crippen molar-refractivity contribution >= 4 is 29.0 Å². The normalized spacial score (nSPS) is 14.9. The van der Waals surface area contributed by atoms with Crippen LogP contribution in [0.5, 0.6) is 0 Å². The Hall–Kier alpha value is -1.48. The first-order chi connectivity index (χ1) is 7.24. The van der Waals surface area contributed by atoms with Crippen molar-refractivity contribution in [2.24, 2.45) is 0 Å². The first kappa shape index (κ1) is 10.1. The fraction of sp³-hybridized carbons (Fsp3) is 0.182. The van der Waals surface area contributed by atoms with Crippen LogP contribution in [0.3, 0.4) is 0 Å². The molecule has 1 aliphatic rings. The molecule has 0 atom stereocenters. The highest BCUT2D eigenvalue weighted by atomic mass is 35.5. The summed E-state index contributed by atoms with van der Waals surface area (Å²) in [6, 6.07) is 7.41. The smallest absolute Gasteiger partial charge is 0.307 e. The maximum atomic E-state index is 11.7. The molecule has 1 aliphatic heterocycles. The average Bonchev–Trinajstić information content (AvgIpc) is 2.24. The number of carbonyl (C=O) groups is 1. The summed E-state index contributed by atoms with van der Waals surface area (Å²) in [5.74, 6) is 0.397. The Morgan fingerprint density at radius 1 is 1.40 bits per heavy atom. The van der Waals surface area contributed by atoms with Crippen molar-refractivity contribution in [1.82, 2.24) is 4.90 Å². The topological polar surface area (TPSA) is 32.3 Å². The van der Waals surface area contributed by atoms with Gasteiger partial charge in [0.05, 0.1) is 5.69 Å². The summed E-state index contributed by atoms with van der Waals surface area (Å²) in [4.78, 5) is 13.2. The Balaban J connectivity index is 2.38. The number of benzene rings is 1. The molecule has 78 valence electrons. The van der Waals surface area contributed by atoms with Crippen molar-refractivity contribution in [1.29, 1.82) is 0 Å². The number of anilines is 1. The maximum Gasteiger partial charge on any atom is 0.326 e. The second-order valence-corrected chi connectivity index (χ2v) is 3.64. The molecule has 0 saturated carbocycles. The molecule has 4 heteroatoms. The van der Waals surface area contributed by atoms with Gasteiger partial charge in [0, 0.05) is 23.7 Å². The largest absolute Gasteiger partial charge is 0.326 e. The lowest BCUT2D eigenvalue weighted by Gasteiger charge is -2.30. The van der Waals surface area contributed by atoms with Crippen LogP contribution >= 0.6 is 11.6 Å². The van der Waals surface area contributed by atoms with Crippen LogP contribution in [-0.4, -0.2) is 23.4 Å². The Bertz CT molecular complexity index is 417. The zero-order valence-corrected chi connectivity index (χ0v) is 8.92. The highest BCUT2D eigenvalue weighted by Gasteiger charge is 2.24. The zero-order chi connectivity index (χ0) is 10.8. The van der Waals surface area contributed by atoms with E-state index in [0.717, 1.165) is 11.3 Å². The van der Waals surface area contributed by atoms with Crippen molar-refractivity contribution < 1.29 is 4.79 Å². The number of amides is 2. The summed E-state index contributed by atoms with van der Waals surface area (Å²) in [5.41, 5.74) is 2.45. The zero-order valence-electron chi connectivity index (χ0n) is 8.16. The molecule has 0 radical (unpaired) electrons. The van der Waals surface area contributed by atoms with Crippen LogP contribution in [0.1, 0.15) is 5.56 Å². The van der Waals surface area contributed by atoms with Crippen LogP contribution in [0.15, 0.2) is 30.8 Å². The SMILES string of the molecule is C=C1c2ccccc2NC(=O)N1CCCl. The van der Waals surface area contributed by atoms with E-state index < -0.39 is 0 Å². The summed E-state index contributed by atoms with van der Waals surface area (Å²) in [7, 11) is 0. The van der Waals surface area contributed by atoms with Crippen LogP contribution < -0.4 is 5.32 Å². The predicted octanol–water partition coefficient (Wildman–Crippen LogP) is 2.74. The van der Waals surface area contributed by atoms with Crippen molar-refractivity contribution in [3.05, 3.63) is 36.4 Å². The van der Waals surface area contributed by atoms with E-state index in [1.54, 1.807) is 4.90 Å². The van der Waals surface area contributed by atoms with Crippen LogP contribution in [0, 0.1) is 0 Å². The van der Waals surface area contributed by atoms with Gasteiger partial charge in [0.25, 0.3) is 0 Å². The Labute approximate surface area is 93.3 Å².